The smallest absolute Gasteiger partial charge is 0.326 e. The Morgan fingerprint density at radius 3 is 1.79 bits per heavy atom. The van der Waals surface area contributed by atoms with Gasteiger partial charge in [-0.25, -0.2) is 14.6 Å². The van der Waals surface area contributed by atoms with E-state index >= 15 is 0 Å². The summed E-state index contributed by atoms with van der Waals surface area (Å²) in [5.41, 5.74) is 25.3. The van der Waals surface area contributed by atoms with Crippen molar-refractivity contribution in [1.82, 2.24) is 40.1 Å². The lowest BCUT2D eigenvalue weighted by Crippen LogP contribution is -2.54. The summed E-state index contributed by atoms with van der Waals surface area (Å²) in [5, 5.41) is 23.5. The number of primary amides is 4. The fourth-order valence-corrected chi connectivity index (χ4v) is 9.25. The van der Waals surface area contributed by atoms with E-state index < -0.39 is 59.5 Å². The number of ketones is 1. The number of nitrogens with one attached hydrogen (secondary N) is 2. The molecule has 2 heterocycles. The molecule has 0 radical (unpaired) electrons. The van der Waals surface area contributed by atoms with Crippen LogP contribution in [0.15, 0.2) is 47.2 Å². The van der Waals surface area contributed by atoms with Gasteiger partial charge in [0.05, 0.1) is 32.2 Å². The molecule has 1 aromatic heterocycles. The Balaban J connectivity index is 1.58. The molecule has 3 rings (SSSR count). The number of nitrogens with two attached hydrogens (primary N) is 4. The molecule has 25 heteroatoms. The number of rotatable bonds is 32. The number of urea groups is 1. The van der Waals surface area contributed by atoms with Crippen LogP contribution in [0.1, 0.15) is 87.8 Å². The zero-order valence-electron chi connectivity index (χ0n) is 42.8. The van der Waals surface area contributed by atoms with Gasteiger partial charge in [0.25, 0.3) is 0 Å². The molecule has 2 aromatic rings. The molecule has 23 nitrogen and oxygen atoms in total. The van der Waals surface area contributed by atoms with Crippen molar-refractivity contribution in [3.63, 3.8) is 0 Å². The van der Waals surface area contributed by atoms with Crippen molar-refractivity contribution in [2.24, 2.45) is 22.9 Å². The van der Waals surface area contributed by atoms with E-state index in [1.807, 2.05) is 49.9 Å². The second-order valence-electron chi connectivity index (χ2n) is 19.0. The molecular formula is C50H75BrN12O11S. The molecule has 0 bridgehead atoms. The van der Waals surface area contributed by atoms with Crippen LogP contribution in [-0.4, -0.2) is 195 Å². The second-order valence-corrected chi connectivity index (χ2v) is 20.4. The minimum Gasteiger partial charge on any atom is -0.481 e. The number of pyridine rings is 1. The van der Waals surface area contributed by atoms with Crippen LogP contribution in [0.25, 0.3) is 0 Å². The maximum Gasteiger partial charge on any atom is 0.326 e. The molecule has 1 aromatic carbocycles. The van der Waals surface area contributed by atoms with E-state index in [1.165, 1.54) is 6.92 Å². The van der Waals surface area contributed by atoms with Crippen molar-refractivity contribution in [3.8, 4) is 0 Å². The molecule has 1 fully saturated rings. The summed E-state index contributed by atoms with van der Waals surface area (Å²) in [7, 11) is 0. The molecule has 12 N–H and O–H groups in total. The minimum absolute atomic E-state index is 0.0144. The van der Waals surface area contributed by atoms with Gasteiger partial charge in [0, 0.05) is 90.4 Å². The maximum atomic E-state index is 13.6. The van der Waals surface area contributed by atoms with Crippen molar-refractivity contribution < 1.29 is 53.4 Å². The first-order valence-corrected chi connectivity index (χ1v) is 26.3. The first kappa shape index (κ1) is 63.3. The van der Waals surface area contributed by atoms with E-state index in [9.17, 15) is 48.3 Å². The monoisotopic (exact) mass is 1130 g/mol. The second kappa shape index (κ2) is 33.8. The molecule has 1 aliphatic heterocycles. The van der Waals surface area contributed by atoms with Crippen LogP contribution < -0.4 is 33.6 Å². The van der Waals surface area contributed by atoms with E-state index in [0.717, 1.165) is 34.4 Å². The van der Waals surface area contributed by atoms with Crippen LogP contribution in [0, 0.1) is 0 Å². The number of aromatic nitrogens is 1. The largest absolute Gasteiger partial charge is 0.481 e. The predicted molar refractivity (Wildman–Crippen MR) is 287 cm³/mol. The van der Waals surface area contributed by atoms with Crippen LogP contribution in [-0.2, 0) is 57.7 Å². The Morgan fingerprint density at radius 2 is 1.23 bits per heavy atom. The molecule has 3 atom stereocenters. The number of carbonyl (C=O) groups excluding carboxylic acids is 7. The van der Waals surface area contributed by atoms with E-state index in [4.69, 9.17) is 40.3 Å². The SMILES string of the molecule is CC(=O)[C@@H](CCC(=O)O)NC(=O)N[C@H](CCCCN(Cc1ccc(Br)nc1)C(=O)CCCCCC(=S)Cc1ccc(CC2CN(CC(N)=O)CCN(CC(N)=O)CCN(CC(N)=O)CCN2CC(N)=O)cc1)C(=O)O. The van der Waals surface area contributed by atoms with Crippen molar-refractivity contribution >= 4 is 86.3 Å². The average molecular weight is 1130 g/mol. The van der Waals surface area contributed by atoms with Crippen molar-refractivity contribution in [2.75, 3.05) is 78.5 Å². The van der Waals surface area contributed by atoms with Gasteiger partial charge in [-0.2, -0.15) is 0 Å². The van der Waals surface area contributed by atoms with Crippen molar-refractivity contribution in [1.29, 1.82) is 0 Å². The lowest BCUT2D eigenvalue weighted by molar-refractivity contribution is -0.139. The Hall–Kier alpha value is -5.99. The van der Waals surface area contributed by atoms with E-state index in [-0.39, 0.29) is 63.8 Å². The van der Waals surface area contributed by atoms with Gasteiger partial charge in [0.1, 0.15) is 10.6 Å². The standard InChI is InChI=1S/C50H75BrN12O11S/c1-34(64)40(15-17-48(70)71)57-50(74)58-41(49(72)73)8-5-6-18-63(28-37-14-16-42(51)56-27-37)47(69)9-4-2-3-7-39(75)26-36-12-10-35(11-13-36)25-38-29-61(32-45(54)67)22-21-59(30-43(52)65)19-20-60(31-44(53)66)23-24-62(38)33-46(55)68/h10-14,16,27,38,40-41H,2-9,15,17-26,28-33H2,1H3,(H2,52,65)(H2,53,66)(H2,54,67)(H2,55,68)(H,70,71)(H,72,73)(H2,57,58,74)/t38?,40-,41-/m1/s1. The molecule has 0 saturated carbocycles. The molecule has 7 amide bonds. The van der Waals surface area contributed by atoms with Crippen molar-refractivity contribution in [3.05, 3.63) is 63.9 Å². The lowest BCUT2D eigenvalue weighted by Gasteiger charge is -2.38. The van der Waals surface area contributed by atoms with E-state index in [2.05, 4.69) is 31.5 Å². The molecule has 0 spiro atoms. The highest BCUT2D eigenvalue weighted by Gasteiger charge is 2.28. The zero-order chi connectivity index (χ0) is 55.5. The third kappa shape index (κ3) is 26.9. The number of unbranched alkanes of at least 4 members (excludes halogenated alkanes) is 3. The number of hydrogen-bond acceptors (Lipinski definition) is 15. The Kier molecular flexibility index (Phi) is 28.6. The topological polar surface area (TPSA) is 351 Å². The molecular weight excluding hydrogens is 1060 g/mol. The van der Waals surface area contributed by atoms with Crippen molar-refractivity contribution in [2.45, 2.75) is 109 Å². The number of thiocarbonyl (C=S) groups is 1. The summed E-state index contributed by atoms with van der Waals surface area (Å²) < 4.78 is 0.644. The maximum absolute atomic E-state index is 13.6. The molecule has 1 aliphatic rings. The summed E-state index contributed by atoms with van der Waals surface area (Å²) in [6.45, 7) is 4.32. The van der Waals surface area contributed by atoms with Crippen LogP contribution in [0.3, 0.4) is 0 Å². The van der Waals surface area contributed by atoms with Gasteiger partial charge in [-0.3, -0.25) is 53.2 Å². The van der Waals surface area contributed by atoms with Crippen LogP contribution >= 0.6 is 28.1 Å². The molecule has 0 aliphatic carbocycles. The highest BCUT2D eigenvalue weighted by molar-refractivity contribution is 9.10. The number of amides is 7. The molecule has 1 saturated heterocycles. The predicted octanol–water partition coefficient (Wildman–Crippen LogP) is 0.555. The number of carbonyl (C=O) groups is 9. The fourth-order valence-electron chi connectivity index (χ4n) is 8.71. The number of aliphatic carboxylic acids is 2. The number of nitrogens with zero attached hydrogens (tertiary/aromatic N) is 6. The van der Waals surface area contributed by atoms with Gasteiger partial charge in [-0.1, -0.05) is 49.0 Å². The quantitative estimate of drug-likeness (QED) is 0.0282. The Labute approximate surface area is 451 Å². The van der Waals surface area contributed by atoms with Gasteiger partial charge in [0.15, 0.2) is 5.78 Å². The number of benzene rings is 1. The van der Waals surface area contributed by atoms with Gasteiger partial charge < -0.3 is 48.7 Å². The normalized spacial score (nSPS) is 16.1. The number of hydrogen-bond donors (Lipinski definition) is 8. The minimum atomic E-state index is -1.28. The van der Waals surface area contributed by atoms with E-state index in [1.54, 1.807) is 17.2 Å². The highest BCUT2D eigenvalue weighted by Crippen LogP contribution is 2.18. The summed E-state index contributed by atoms with van der Waals surface area (Å²) in [6, 6.07) is 8.09. The summed E-state index contributed by atoms with van der Waals surface area (Å²) in [6.07, 6.45) is 6.19. The summed E-state index contributed by atoms with van der Waals surface area (Å²) >= 11 is 9.13. The summed E-state index contributed by atoms with van der Waals surface area (Å²) in [5.74, 6) is -5.04. The lowest BCUT2D eigenvalue weighted by atomic mass is 9.99. The first-order valence-electron chi connectivity index (χ1n) is 25.1. The molecule has 1 unspecified atom stereocenters. The third-order valence-electron chi connectivity index (χ3n) is 12.6. The van der Waals surface area contributed by atoms with Gasteiger partial charge in [-0.05, 0) is 102 Å². The molecule has 75 heavy (non-hydrogen) atoms. The van der Waals surface area contributed by atoms with Gasteiger partial charge >= 0.3 is 18.0 Å². The number of Topliss-reactive ketones (excluding diaryl/α,β-unsaturated/α-hetero) is 1. The number of halogens is 1. The Bertz CT molecular complexity index is 2240. The Morgan fingerprint density at radius 1 is 0.680 bits per heavy atom. The number of carboxylic acid groups (broad SMARTS) is 2. The molecule has 414 valence electrons. The highest BCUT2D eigenvalue weighted by atomic mass is 79.9. The number of carboxylic acids is 2. The zero-order valence-corrected chi connectivity index (χ0v) is 45.2. The van der Waals surface area contributed by atoms with Crippen LogP contribution in [0.2, 0.25) is 0 Å². The van der Waals surface area contributed by atoms with E-state index in [0.29, 0.717) is 102 Å². The fraction of sp³-hybridized carbons (Fsp3) is 0.580. The first-order chi connectivity index (χ1) is 35.6. The van der Waals surface area contributed by atoms with Gasteiger partial charge in [0.2, 0.25) is 29.5 Å². The van der Waals surface area contributed by atoms with Crippen LogP contribution in [0.5, 0.6) is 0 Å². The average Bonchev–Trinajstić information content (AvgIpc) is 3.32. The van der Waals surface area contributed by atoms with Gasteiger partial charge in [-0.15, -0.1) is 0 Å². The third-order valence-corrected chi connectivity index (χ3v) is 13.4. The summed E-state index contributed by atoms with van der Waals surface area (Å²) in [4.78, 5) is 124. The van der Waals surface area contributed by atoms with Crippen LogP contribution in [0.4, 0.5) is 4.79 Å².